The van der Waals surface area contributed by atoms with Crippen LogP contribution < -0.4 is 5.32 Å². The Kier molecular flexibility index (Phi) is 3.01. The lowest BCUT2D eigenvalue weighted by Crippen LogP contribution is -1.95. The fourth-order valence-electron chi connectivity index (χ4n) is 1.45. The van der Waals surface area contributed by atoms with E-state index in [1.807, 2.05) is 13.0 Å². The van der Waals surface area contributed by atoms with Crippen LogP contribution in [0.3, 0.4) is 0 Å². The van der Waals surface area contributed by atoms with Crippen molar-refractivity contribution in [1.82, 2.24) is 4.98 Å². The zero-order valence-corrected chi connectivity index (χ0v) is 9.24. The van der Waals surface area contributed by atoms with E-state index in [2.05, 4.69) is 10.3 Å². The highest BCUT2D eigenvalue weighted by atomic mass is 19.1. The monoisotopic (exact) mass is 227 g/mol. The van der Waals surface area contributed by atoms with Crippen molar-refractivity contribution in [3.05, 3.63) is 53.6 Å². The van der Waals surface area contributed by atoms with Crippen LogP contribution >= 0.6 is 0 Å². The Bertz CT molecular complexity index is 587. The summed E-state index contributed by atoms with van der Waals surface area (Å²) in [6, 6.07) is 9.82. The van der Waals surface area contributed by atoms with Crippen LogP contribution in [0.4, 0.5) is 15.8 Å². The van der Waals surface area contributed by atoms with Crippen molar-refractivity contribution < 1.29 is 4.39 Å². The van der Waals surface area contributed by atoms with Gasteiger partial charge in [0.05, 0.1) is 0 Å². The van der Waals surface area contributed by atoms with Gasteiger partial charge < -0.3 is 5.32 Å². The van der Waals surface area contributed by atoms with Crippen molar-refractivity contribution in [1.29, 1.82) is 5.26 Å². The third-order valence-corrected chi connectivity index (χ3v) is 2.35. The molecule has 0 unspecified atom stereocenters. The Hall–Kier alpha value is -2.41. The highest BCUT2D eigenvalue weighted by Gasteiger charge is 2.02. The van der Waals surface area contributed by atoms with Gasteiger partial charge in [0.2, 0.25) is 0 Å². The molecule has 1 heterocycles. The third kappa shape index (κ3) is 2.58. The van der Waals surface area contributed by atoms with Gasteiger partial charge in [-0.3, -0.25) is 0 Å². The molecule has 3 nitrogen and oxygen atoms in total. The van der Waals surface area contributed by atoms with E-state index in [1.165, 1.54) is 18.3 Å². The van der Waals surface area contributed by atoms with Crippen molar-refractivity contribution in [3.8, 4) is 6.07 Å². The smallest absolute Gasteiger partial charge is 0.142 e. The molecule has 0 spiro atoms. The van der Waals surface area contributed by atoms with Gasteiger partial charge in [0, 0.05) is 17.6 Å². The highest BCUT2D eigenvalue weighted by Crippen LogP contribution is 2.21. The lowest BCUT2D eigenvalue weighted by Gasteiger charge is -2.09. The molecule has 1 N–H and O–H groups in total. The molecule has 17 heavy (non-hydrogen) atoms. The molecule has 0 aliphatic rings. The molecule has 0 aliphatic heterocycles. The predicted octanol–water partition coefficient (Wildman–Crippen LogP) is 3.14. The zero-order valence-electron chi connectivity index (χ0n) is 9.24. The Morgan fingerprint density at radius 3 is 2.88 bits per heavy atom. The van der Waals surface area contributed by atoms with E-state index in [4.69, 9.17) is 5.26 Å². The first-order valence-corrected chi connectivity index (χ1v) is 5.08. The lowest BCUT2D eigenvalue weighted by atomic mass is 10.2. The second-order valence-corrected chi connectivity index (χ2v) is 3.63. The van der Waals surface area contributed by atoms with Crippen LogP contribution in [0.2, 0.25) is 0 Å². The molecule has 1 aromatic heterocycles. The molecule has 1 aromatic carbocycles. The van der Waals surface area contributed by atoms with Gasteiger partial charge in [-0.15, -0.1) is 0 Å². The minimum absolute atomic E-state index is 0.298. The molecule has 0 amide bonds. The van der Waals surface area contributed by atoms with Gasteiger partial charge in [0.1, 0.15) is 17.6 Å². The van der Waals surface area contributed by atoms with Crippen LogP contribution in [-0.4, -0.2) is 4.98 Å². The normalized spacial score (nSPS) is 9.71. The molecule has 0 fully saturated rings. The molecule has 4 heteroatoms. The third-order valence-electron chi connectivity index (χ3n) is 2.35. The molecular formula is C13H10FN3. The summed E-state index contributed by atoms with van der Waals surface area (Å²) in [5, 5.41) is 11.8. The van der Waals surface area contributed by atoms with Crippen molar-refractivity contribution in [2.75, 3.05) is 5.32 Å². The molecule has 0 bridgehead atoms. The van der Waals surface area contributed by atoms with E-state index in [1.54, 1.807) is 18.2 Å². The second-order valence-electron chi connectivity index (χ2n) is 3.63. The van der Waals surface area contributed by atoms with Gasteiger partial charge >= 0.3 is 0 Å². The number of nitrogens with zero attached hydrogens (tertiary/aromatic N) is 2. The Morgan fingerprint density at radius 2 is 2.12 bits per heavy atom. The second kappa shape index (κ2) is 4.62. The molecule has 2 aromatic rings. The predicted molar refractivity (Wildman–Crippen MR) is 63.4 cm³/mol. The SMILES string of the molecule is Cc1ccc(F)cc1Nc1ccnc(C#N)c1. The fourth-order valence-corrected chi connectivity index (χ4v) is 1.45. The molecule has 0 radical (unpaired) electrons. The summed E-state index contributed by atoms with van der Waals surface area (Å²) in [5.74, 6) is -0.298. The molecule has 0 atom stereocenters. The summed E-state index contributed by atoms with van der Waals surface area (Å²) in [6.45, 7) is 1.88. The van der Waals surface area contributed by atoms with Crippen LogP contribution in [0.1, 0.15) is 11.3 Å². The topological polar surface area (TPSA) is 48.7 Å². The zero-order chi connectivity index (χ0) is 12.3. The van der Waals surface area contributed by atoms with E-state index >= 15 is 0 Å². The van der Waals surface area contributed by atoms with Crippen LogP contribution in [0.5, 0.6) is 0 Å². The molecule has 2 rings (SSSR count). The average molecular weight is 227 g/mol. The number of hydrogen-bond acceptors (Lipinski definition) is 3. The number of aromatic nitrogens is 1. The van der Waals surface area contributed by atoms with Gasteiger partial charge in [0.15, 0.2) is 0 Å². The van der Waals surface area contributed by atoms with E-state index < -0.39 is 0 Å². The molecule has 0 saturated heterocycles. The minimum atomic E-state index is -0.298. The van der Waals surface area contributed by atoms with E-state index in [-0.39, 0.29) is 5.82 Å². The number of hydrogen-bond donors (Lipinski definition) is 1. The Balaban J connectivity index is 2.31. The maximum Gasteiger partial charge on any atom is 0.142 e. The summed E-state index contributed by atoms with van der Waals surface area (Å²) >= 11 is 0. The number of nitrogens with one attached hydrogen (secondary N) is 1. The largest absolute Gasteiger partial charge is 0.355 e. The fraction of sp³-hybridized carbons (Fsp3) is 0.0769. The maximum atomic E-state index is 13.1. The summed E-state index contributed by atoms with van der Waals surface area (Å²) < 4.78 is 13.1. The first-order chi connectivity index (χ1) is 8.19. The molecular weight excluding hydrogens is 217 g/mol. The van der Waals surface area contributed by atoms with E-state index in [0.29, 0.717) is 17.1 Å². The highest BCUT2D eigenvalue weighted by molar-refractivity contribution is 5.63. The Labute approximate surface area is 98.5 Å². The molecule has 0 aliphatic carbocycles. The van der Waals surface area contributed by atoms with Crippen LogP contribution in [0.25, 0.3) is 0 Å². The summed E-state index contributed by atoms with van der Waals surface area (Å²) in [4.78, 5) is 3.86. The number of benzene rings is 1. The number of rotatable bonds is 2. The van der Waals surface area contributed by atoms with Gasteiger partial charge in [0.25, 0.3) is 0 Å². The minimum Gasteiger partial charge on any atom is -0.355 e. The summed E-state index contributed by atoms with van der Waals surface area (Å²) in [7, 11) is 0. The van der Waals surface area contributed by atoms with Crippen molar-refractivity contribution in [2.24, 2.45) is 0 Å². The summed E-state index contributed by atoms with van der Waals surface area (Å²) in [5.41, 5.74) is 2.65. The van der Waals surface area contributed by atoms with Crippen molar-refractivity contribution >= 4 is 11.4 Å². The van der Waals surface area contributed by atoms with Gasteiger partial charge in [-0.05, 0) is 36.8 Å². The van der Waals surface area contributed by atoms with E-state index in [9.17, 15) is 4.39 Å². The van der Waals surface area contributed by atoms with Crippen LogP contribution in [0, 0.1) is 24.1 Å². The number of anilines is 2. The quantitative estimate of drug-likeness (QED) is 0.857. The van der Waals surface area contributed by atoms with Gasteiger partial charge in [-0.1, -0.05) is 6.07 Å². The van der Waals surface area contributed by atoms with Gasteiger partial charge in [-0.25, -0.2) is 9.37 Å². The Morgan fingerprint density at radius 1 is 1.29 bits per heavy atom. The molecule has 84 valence electrons. The maximum absolute atomic E-state index is 13.1. The first kappa shape index (κ1) is 11.1. The van der Waals surface area contributed by atoms with Crippen molar-refractivity contribution in [2.45, 2.75) is 6.92 Å². The average Bonchev–Trinajstić information content (AvgIpc) is 2.34. The van der Waals surface area contributed by atoms with Crippen LogP contribution in [0.15, 0.2) is 36.5 Å². The number of pyridine rings is 1. The van der Waals surface area contributed by atoms with Crippen LogP contribution in [-0.2, 0) is 0 Å². The standard InChI is InChI=1S/C13H10FN3/c1-9-2-3-10(14)6-13(9)17-11-4-5-16-12(7-11)8-15/h2-7H,1H3,(H,16,17). The lowest BCUT2D eigenvalue weighted by molar-refractivity contribution is 0.628. The van der Waals surface area contributed by atoms with Crippen molar-refractivity contribution in [3.63, 3.8) is 0 Å². The van der Waals surface area contributed by atoms with E-state index in [0.717, 1.165) is 5.56 Å². The molecule has 0 saturated carbocycles. The van der Waals surface area contributed by atoms with Gasteiger partial charge in [-0.2, -0.15) is 5.26 Å². The number of aryl methyl sites for hydroxylation is 1. The number of halogens is 1. The first-order valence-electron chi connectivity index (χ1n) is 5.08. The summed E-state index contributed by atoms with van der Waals surface area (Å²) in [6.07, 6.45) is 1.54. The number of nitriles is 1.